The van der Waals surface area contributed by atoms with Gasteiger partial charge in [-0.05, 0) is 72.2 Å². The monoisotopic (exact) mass is 456 g/mol. The van der Waals surface area contributed by atoms with Crippen LogP contribution in [0.4, 0.5) is 0 Å². The van der Waals surface area contributed by atoms with Gasteiger partial charge in [-0.1, -0.05) is 87.4 Å². The summed E-state index contributed by atoms with van der Waals surface area (Å²) in [6, 6.07) is 22.6. The van der Waals surface area contributed by atoms with E-state index in [1.807, 2.05) is 22.7 Å². The third-order valence-electron chi connectivity index (χ3n) is 5.72. The Morgan fingerprint density at radius 3 is 1.34 bits per heavy atom. The Morgan fingerprint density at radius 2 is 0.969 bits per heavy atom. The molecule has 164 valence electrons. The first-order valence-corrected chi connectivity index (χ1v) is 13.4. The Bertz CT molecular complexity index is 1050. The van der Waals surface area contributed by atoms with Gasteiger partial charge < -0.3 is 0 Å². The highest BCUT2D eigenvalue weighted by molar-refractivity contribution is 7.28. The average molecular weight is 457 g/mol. The van der Waals surface area contributed by atoms with Crippen molar-refractivity contribution >= 4 is 56.4 Å². The van der Waals surface area contributed by atoms with E-state index in [2.05, 4.69) is 98.8 Å². The lowest BCUT2D eigenvalue weighted by Crippen LogP contribution is -1.84. The maximum Gasteiger partial charge on any atom is 0.0463 e. The SMILES string of the molecule is CCCCc1ccc(/C=C/c2cc3sc(/C=C/c4ccc(CCCC)cc4)cc3s2)cc1. The average Bonchev–Trinajstić information content (AvgIpc) is 3.38. The Labute approximate surface area is 201 Å². The summed E-state index contributed by atoms with van der Waals surface area (Å²) < 4.78 is 2.75. The van der Waals surface area contributed by atoms with E-state index < -0.39 is 0 Å². The number of hydrogen-bond donors (Lipinski definition) is 0. The third-order valence-corrected chi connectivity index (χ3v) is 7.95. The summed E-state index contributed by atoms with van der Waals surface area (Å²) in [5.41, 5.74) is 5.42. The van der Waals surface area contributed by atoms with Crippen LogP contribution < -0.4 is 0 Å². The van der Waals surface area contributed by atoms with Crippen LogP contribution in [0.2, 0.25) is 0 Å². The van der Waals surface area contributed by atoms with E-state index in [-0.39, 0.29) is 0 Å². The number of benzene rings is 2. The maximum absolute atomic E-state index is 2.32. The van der Waals surface area contributed by atoms with Crippen molar-refractivity contribution in [2.45, 2.75) is 52.4 Å². The normalized spacial score (nSPS) is 11.9. The van der Waals surface area contributed by atoms with E-state index >= 15 is 0 Å². The van der Waals surface area contributed by atoms with Crippen molar-refractivity contribution in [3.63, 3.8) is 0 Å². The van der Waals surface area contributed by atoms with Gasteiger partial charge in [-0.15, -0.1) is 22.7 Å². The number of rotatable bonds is 10. The van der Waals surface area contributed by atoms with Gasteiger partial charge in [0.05, 0.1) is 0 Å². The second-order valence-electron chi connectivity index (χ2n) is 8.38. The number of aryl methyl sites for hydroxylation is 2. The highest BCUT2D eigenvalue weighted by Crippen LogP contribution is 2.35. The molecule has 0 spiro atoms. The van der Waals surface area contributed by atoms with E-state index in [1.54, 1.807) is 0 Å². The summed E-state index contributed by atoms with van der Waals surface area (Å²) in [6.45, 7) is 4.49. The van der Waals surface area contributed by atoms with Crippen molar-refractivity contribution in [3.05, 3.63) is 92.7 Å². The molecule has 2 heteroatoms. The maximum atomic E-state index is 2.32. The molecule has 0 amide bonds. The fourth-order valence-electron chi connectivity index (χ4n) is 3.75. The predicted octanol–water partition coefficient (Wildman–Crippen LogP) is 9.99. The van der Waals surface area contributed by atoms with Crippen LogP contribution in [-0.2, 0) is 12.8 Å². The van der Waals surface area contributed by atoms with Gasteiger partial charge in [0.1, 0.15) is 0 Å². The van der Waals surface area contributed by atoms with Crippen LogP contribution in [-0.4, -0.2) is 0 Å². The molecule has 0 saturated carbocycles. The van der Waals surface area contributed by atoms with Crippen LogP contribution in [0.15, 0.2) is 60.7 Å². The molecule has 2 aromatic carbocycles. The molecule has 4 rings (SSSR count). The quantitative estimate of drug-likeness (QED) is 0.223. The number of unbranched alkanes of at least 4 members (excludes halogenated alkanes) is 2. The fourth-order valence-corrected chi connectivity index (χ4v) is 5.97. The lowest BCUT2D eigenvalue weighted by molar-refractivity contribution is 0.795. The van der Waals surface area contributed by atoms with Gasteiger partial charge in [-0.25, -0.2) is 0 Å². The molecule has 0 bridgehead atoms. The van der Waals surface area contributed by atoms with Crippen LogP contribution in [0.3, 0.4) is 0 Å². The van der Waals surface area contributed by atoms with Crippen LogP contribution >= 0.6 is 22.7 Å². The summed E-state index contributed by atoms with van der Waals surface area (Å²) in [4.78, 5) is 2.64. The van der Waals surface area contributed by atoms with Gasteiger partial charge in [0.15, 0.2) is 0 Å². The number of fused-ring (bicyclic) bond motifs is 1. The minimum absolute atomic E-state index is 1.18. The molecule has 32 heavy (non-hydrogen) atoms. The molecule has 0 aliphatic heterocycles. The Hall–Kier alpha value is -2.42. The molecule has 2 aromatic heterocycles. The molecule has 0 aliphatic rings. The van der Waals surface area contributed by atoms with Crippen LogP contribution in [0, 0.1) is 0 Å². The van der Waals surface area contributed by atoms with Crippen LogP contribution in [0.5, 0.6) is 0 Å². The minimum Gasteiger partial charge on any atom is -0.135 e. The van der Waals surface area contributed by atoms with Crippen molar-refractivity contribution in [1.29, 1.82) is 0 Å². The highest BCUT2D eigenvalue weighted by Gasteiger charge is 2.04. The molecule has 0 radical (unpaired) electrons. The zero-order valence-corrected chi connectivity index (χ0v) is 20.8. The van der Waals surface area contributed by atoms with E-state index in [0.29, 0.717) is 0 Å². The fraction of sp³-hybridized carbons (Fsp3) is 0.267. The van der Waals surface area contributed by atoms with E-state index in [9.17, 15) is 0 Å². The van der Waals surface area contributed by atoms with Gasteiger partial charge in [0, 0.05) is 19.2 Å². The summed E-state index contributed by atoms with van der Waals surface area (Å²) >= 11 is 3.75. The molecule has 0 atom stereocenters. The van der Waals surface area contributed by atoms with Crippen molar-refractivity contribution < 1.29 is 0 Å². The molecule has 0 N–H and O–H groups in total. The zero-order valence-electron chi connectivity index (χ0n) is 19.1. The standard InChI is InChI=1S/C30H32S2/c1-3-5-7-23-9-13-25(14-10-23)17-19-27-21-29-30(31-27)22-28(32-29)20-18-26-15-11-24(12-16-26)8-6-4-2/h9-22H,3-8H2,1-2H3/b19-17+,20-18+. The smallest absolute Gasteiger partial charge is 0.0463 e. The topological polar surface area (TPSA) is 0 Å². The summed E-state index contributed by atoms with van der Waals surface area (Å²) in [5.74, 6) is 0. The first kappa shape index (κ1) is 22.8. The first-order chi connectivity index (χ1) is 15.7. The van der Waals surface area contributed by atoms with E-state index in [1.165, 1.54) is 79.9 Å². The Balaban J connectivity index is 1.37. The summed E-state index contributed by atoms with van der Waals surface area (Å²) in [7, 11) is 0. The van der Waals surface area contributed by atoms with Gasteiger partial charge in [-0.3, -0.25) is 0 Å². The number of hydrogen-bond acceptors (Lipinski definition) is 2. The minimum atomic E-state index is 1.18. The van der Waals surface area contributed by atoms with Gasteiger partial charge in [-0.2, -0.15) is 0 Å². The molecule has 2 heterocycles. The second kappa shape index (κ2) is 11.4. The highest BCUT2D eigenvalue weighted by atomic mass is 32.1. The van der Waals surface area contributed by atoms with Crippen molar-refractivity contribution in [2.24, 2.45) is 0 Å². The van der Waals surface area contributed by atoms with Crippen LogP contribution in [0.1, 0.15) is 71.5 Å². The van der Waals surface area contributed by atoms with Crippen molar-refractivity contribution in [3.8, 4) is 0 Å². The lowest BCUT2D eigenvalue weighted by Gasteiger charge is -2.00. The molecule has 0 nitrogen and oxygen atoms in total. The Morgan fingerprint density at radius 1 is 0.562 bits per heavy atom. The van der Waals surface area contributed by atoms with Gasteiger partial charge in [0.2, 0.25) is 0 Å². The largest absolute Gasteiger partial charge is 0.135 e. The second-order valence-corrected chi connectivity index (χ2v) is 10.6. The van der Waals surface area contributed by atoms with Crippen LogP contribution in [0.25, 0.3) is 33.7 Å². The van der Waals surface area contributed by atoms with Crippen molar-refractivity contribution in [1.82, 2.24) is 0 Å². The molecule has 0 saturated heterocycles. The molecule has 0 fully saturated rings. The summed E-state index contributed by atoms with van der Waals surface area (Å²) in [5, 5.41) is 0. The molecular formula is C30H32S2. The molecule has 0 aliphatic carbocycles. The Kier molecular flexibility index (Phi) is 8.14. The van der Waals surface area contributed by atoms with E-state index in [0.717, 1.165) is 0 Å². The zero-order chi connectivity index (χ0) is 22.2. The third kappa shape index (κ3) is 6.31. The number of thiophene rings is 2. The van der Waals surface area contributed by atoms with Gasteiger partial charge in [0.25, 0.3) is 0 Å². The molecular weight excluding hydrogens is 424 g/mol. The van der Waals surface area contributed by atoms with E-state index in [4.69, 9.17) is 0 Å². The summed E-state index contributed by atoms with van der Waals surface area (Å²) in [6.07, 6.45) is 16.3. The molecule has 0 unspecified atom stereocenters. The predicted molar refractivity (Wildman–Crippen MR) is 148 cm³/mol. The first-order valence-electron chi connectivity index (χ1n) is 11.8. The van der Waals surface area contributed by atoms with Crippen molar-refractivity contribution in [2.75, 3.05) is 0 Å². The van der Waals surface area contributed by atoms with Gasteiger partial charge >= 0.3 is 0 Å². The molecule has 4 aromatic rings. The lowest BCUT2D eigenvalue weighted by atomic mass is 10.1.